The molecule has 152 valence electrons. The van der Waals surface area contributed by atoms with Gasteiger partial charge < -0.3 is 9.80 Å². The molecule has 0 aliphatic carbocycles. The first-order chi connectivity index (χ1) is 13.9. The van der Waals surface area contributed by atoms with Gasteiger partial charge in [-0.05, 0) is 55.3 Å². The van der Waals surface area contributed by atoms with Crippen molar-refractivity contribution in [2.45, 2.75) is 17.7 Å². The summed E-state index contributed by atoms with van der Waals surface area (Å²) >= 11 is 17.3. The number of benzene rings is 2. The minimum atomic E-state index is -0.243. The highest BCUT2D eigenvalue weighted by Crippen LogP contribution is 2.44. The van der Waals surface area contributed by atoms with Gasteiger partial charge in [0.25, 0.3) is 11.8 Å². The molecule has 2 amide bonds. The zero-order chi connectivity index (χ0) is 20.6. The van der Waals surface area contributed by atoms with Gasteiger partial charge in [0.05, 0.1) is 4.87 Å². The van der Waals surface area contributed by atoms with Crippen LogP contribution in [-0.4, -0.2) is 51.9 Å². The van der Waals surface area contributed by atoms with E-state index < -0.39 is 0 Å². The van der Waals surface area contributed by atoms with Crippen molar-refractivity contribution in [1.82, 2.24) is 9.80 Å². The Morgan fingerprint density at radius 3 is 2.14 bits per heavy atom. The molecule has 1 spiro atoms. The first-order valence-electron chi connectivity index (χ1n) is 9.35. The van der Waals surface area contributed by atoms with Gasteiger partial charge in [-0.15, -0.1) is 11.8 Å². The van der Waals surface area contributed by atoms with E-state index in [2.05, 4.69) is 15.9 Å². The fourth-order valence-corrected chi connectivity index (χ4v) is 6.22. The van der Waals surface area contributed by atoms with Crippen LogP contribution in [0.5, 0.6) is 0 Å². The van der Waals surface area contributed by atoms with Crippen LogP contribution in [0.4, 0.5) is 0 Å². The quantitative estimate of drug-likeness (QED) is 0.526. The predicted molar refractivity (Wildman–Crippen MR) is 122 cm³/mol. The molecule has 0 atom stereocenters. The third kappa shape index (κ3) is 4.31. The normalized spacial score (nSPS) is 18.3. The number of halogens is 3. The summed E-state index contributed by atoms with van der Waals surface area (Å²) in [7, 11) is 0. The van der Waals surface area contributed by atoms with Crippen LogP contribution in [0.25, 0.3) is 0 Å². The minimum Gasteiger partial charge on any atom is -0.338 e. The average molecular weight is 514 g/mol. The number of carbonyl (C=O) groups is 2. The number of hydrogen-bond donors (Lipinski definition) is 0. The van der Waals surface area contributed by atoms with Crippen LogP contribution >= 0.6 is 50.9 Å². The number of thioether (sulfide) groups is 1. The lowest BCUT2D eigenvalue weighted by molar-refractivity contribution is 0.0498. The number of hydrogen-bond acceptors (Lipinski definition) is 3. The Morgan fingerprint density at radius 2 is 1.52 bits per heavy atom. The Morgan fingerprint density at radius 1 is 0.897 bits per heavy atom. The number of rotatable bonds is 2. The molecule has 2 aliphatic rings. The average Bonchev–Trinajstić information content (AvgIpc) is 3.10. The third-order valence-electron chi connectivity index (χ3n) is 5.46. The molecule has 2 aliphatic heterocycles. The molecule has 0 saturated carbocycles. The van der Waals surface area contributed by atoms with Crippen molar-refractivity contribution < 1.29 is 9.59 Å². The Labute approximate surface area is 192 Å². The van der Waals surface area contributed by atoms with Gasteiger partial charge in [-0.1, -0.05) is 39.1 Å². The molecule has 4 rings (SSSR count). The summed E-state index contributed by atoms with van der Waals surface area (Å²) in [4.78, 5) is 29.6. The molecular weight excluding hydrogens is 495 g/mol. The second kappa shape index (κ2) is 8.50. The molecule has 2 aromatic rings. The zero-order valence-electron chi connectivity index (χ0n) is 15.5. The first-order valence-corrected chi connectivity index (χ1v) is 11.9. The summed E-state index contributed by atoms with van der Waals surface area (Å²) in [6, 6.07) is 12.4. The lowest BCUT2D eigenvalue weighted by atomic mass is 10.00. The van der Waals surface area contributed by atoms with Gasteiger partial charge in [0.2, 0.25) is 0 Å². The highest BCUT2D eigenvalue weighted by Gasteiger charge is 2.47. The molecule has 0 aromatic heterocycles. The Kier molecular flexibility index (Phi) is 6.17. The maximum atomic E-state index is 13.1. The molecule has 8 heteroatoms. The number of likely N-dealkylation sites (tertiary alicyclic amines) is 1. The van der Waals surface area contributed by atoms with Crippen LogP contribution in [0.15, 0.2) is 46.9 Å². The summed E-state index contributed by atoms with van der Waals surface area (Å²) in [5, 5.41) is 0.902. The highest BCUT2D eigenvalue weighted by molar-refractivity contribution is 9.10. The van der Waals surface area contributed by atoms with E-state index in [1.54, 1.807) is 18.2 Å². The number of nitrogens with zero attached hydrogens (tertiary/aromatic N) is 2. The van der Waals surface area contributed by atoms with Gasteiger partial charge in [-0.25, -0.2) is 0 Å². The van der Waals surface area contributed by atoms with Crippen molar-refractivity contribution in [3.05, 3.63) is 68.1 Å². The second-order valence-corrected chi connectivity index (χ2v) is 10.5. The zero-order valence-corrected chi connectivity index (χ0v) is 19.5. The van der Waals surface area contributed by atoms with Crippen LogP contribution in [-0.2, 0) is 0 Å². The molecule has 0 N–H and O–H groups in total. The molecule has 2 saturated heterocycles. The molecular formula is C21H19BrCl2N2O2S. The van der Waals surface area contributed by atoms with E-state index in [9.17, 15) is 9.59 Å². The molecule has 2 fully saturated rings. The van der Waals surface area contributed by atoms with Gasteiger partial charge in [0.15, 0.2) is 0 Å². The van der Waals surface area contributed by atoms with E-state index in [0.717, 1.165) is 29.6 Å². The topological polar surface area (TPSA) is 40.6 Å². The van der Waals surface area contributed by atoms with Crippen LogP contribution in [0.2, 0.25) is 10.0 Å². The van der Waals surface area contributed by atoms with Crippen molar-refractivity contribution in [3.63, 3.8) is 0 Å². The van der Waals surface area contributed by atoms with E-state index in [1.807, 2.05) is 45.8 Å². The maximum Gasteiger partial charge on any atom is 0.254 e. The van der Waals surface area contributed by atoms with Crippen LogP contribution in [0, 0.1) is 0 Å². The van der Waals surface area contributed by atoms with Gasteiger partial charge in [0, 0.05) is 51.0 Å². The highest BCUT2D eigenvalue weighted by atomic mass is 79.9. The number of carbonyl (C=O) groups excluding carboxylic acids is 2. The Balaban J connectivity index is 1.47. The minimum absolute atomic E-state index is 0.0592. The summed E-state index contributed by atoms with van der Waals surface area (Å²) in [5.74, 6) is 0.905. The van der Waals surface area contributed by atoms with E-state index >= 15 is 0 Å². The first kappa shape index (κ1) is 21.0. The molecule has 0 unspecified atom stereocenters. The molecule has 0 bridgehead atoms. The van der Waals surface area contributed by atoms with Crippen LogP contribution < -0.4 is 0 Å². The molecule has 4 nitrogen and oxygen atoms in total. The predicted octanol–water partition coefficient (Wildman–Crippen LogP) is 5.58. The smallest absolute Gasteiger partial charge is 0.254 e. The molecule has 2 aromatic carbocycles. The van der Waals surface area contributed by atoms with E-state index in [4.69, 9.17) is 23.2 Å². The largest absolute Gasteiger partial charge is 0.338 e. The van der Waals surface area contributed by atoms with Crippen molar-refractivity contribution in [1.29, 1.82) is 0 Å². The number of piperidine rings is 1. The van der Waals surface area contributed by atoms with Gasteiger partial charge in [-0.3, -0.25) is 9.59 Å². The number of amides is 2. The Bertz CT molecular complexity index is 926. The standard InChI is InChI=1S/C21H19BrCl2N2O2S/c22-16-3-1-14(2-4-16)20(28)26-9-10-29-21(26)5-7-25(8-6-21)19(27)15-11-17(23)13-18(24)12-15/h1-4,11-13H,5-10H2. The second-order valence-electron chi connectivity index (χ2n) is 7.21. The van der Waals surface area contributed by atoms with Gasteiger partial charge in [0.1, 0.15) is 0 Å². The van der Waals surface area contributed by atoms with E-state index in [1.165, 1.54) is 0 Å². The van der Waals surface area contributed by atoms with E-state index in [-0.39, 0.29) is 16.7 Å². The lowest BCUT2D eigenvalue weighted by Gasteiger charge is -2.44. The summed E-state index contributed by atoms with van der Waals surface area (Å²) in [6.45, 7) is 1.93. The van der Waals surface area contributed by atoms with Crippen molar-refractivity contribution in [2.24, 2.45) is 0 Å². The van der Waals surface area contributed by atoms with Crippen molar-refractivity contribution in [2.75, 3.05) is 25.4 Å². The lowest BCUT2D eigenvalue weighted by Crippen LogP contribution is -2.53. The van der Waals surface area contributed by atoms with Crippen LogP contribution in [0.1, 0.15) is 33.6 Å². The third-order valence-corrected chi connectivity index (χ3v) is 7.97. The monoisotopic (exact) mass is 512 g/mol. The fraction of sp³-hybridized carbons (Fsp3) is 0.333. The molecule has 0 radical (unpaired) electrons. The summed E-state index contributed by atoms with van der Waals surface area (Å²) in [5.41, 5.74) is 1.20. The van der Waals surface area contributed by atoms with Gasteiger partial charge in [-0.2, -0.15) is 0 Å². The van der Waals surface area contributed by atoms with E-state index in [0.29, 0.717) is 34.3 Å². The fourth-order valence-electron chi connectivity index (χ4n) is 3.98. The van der Waals surface area contributed by atoms with Crippen molar-refractivity contribution >= 4 is 62.7 Å². The molecule has 2 heterocycles. The Hall–Kier alpha value is -1.21. The van der Waals surface area contributed by atoms with Crippen LogP contribution in [0.3, 0.4) is 0 Å². The summed E-state index contributed by atoms with van der Waals surface area (Å²) < 4.78 is 0.951. The van der Waals surface area contributed by atoms with Gasteiger partial charge >= 0.3 is 0 Å². The molecule has 29 heavy (non-hydrogen) atoms. The summed E-state index contributed by atoms with van der Waals surface area (Å²) in [6.07, 6.45) is 1.50. The SMILES string of the molecule is O=C(c1cc(Cl)cc(Cl)c1)N1CCC2(CC1)SCCN2C(=O)c1ccc(Br)cc1. The maximum absolute atomic E-state index is 13.1. The van der Waals surface area contributed by atoms with Crippen molar-refractivity contribution in [3.8, 4) is 0 Å².